The van der Waals surface area contributed by atoms with Gasteiger partial charge in [-0.25, -0.2) is 8.78 Å². The van der Waals surface area contributed by atoms with E-state index in [1.165, 1.54) is 6.07 Å². The van der Waals surface area contributed by atoms with Crippen molar-refractivity contribution in [2.75, 3.05) is 0 Å². The Labute approximate surface area is 73.9 Å². The topological polar surface area (TPSA) is 29.1 Å². The van der Waals surface area contributed by atoms with Crippen LogP contribution in [0.4, 0.5) is 8.78 Å². The number of benzene rings is 1. The highest BCUT2D eigenvalue weighted by Crippen LogP contribution is 2.12. The Morgan fingerprint density at radius 1 is 1.23 bits per heavy atom. The first kappa shape index (κ1) is 9.38. The smallest absolute Gasteiger partial charge is 0.211 e. The van der Waals surface area contributed by atoms with Gasteiger partial charge in [0.1, 0.15) is 11.6 Å². The molecule has 0 spiro atoms. The summed E-state index contributed by atoms with van der Waals surface area (Å²) in [7, 11) is 0. The highest BCUT2D eigenvalue weighted by molar-refractivity contribution is 5.55. The average molecular weight is 183 g/mol. The number of hydrogen-bond donors (Lipinski definition) is 1. The minimum Gasteiger partial charge on any atom is -0.335 e. The Hall–Kier alpha value is -1.71. The molecule has 4 heteroatoms. The van der Waals surface area contributed by atoms with Crippen LogP contribution < -0.4 is 5.32 Å². The quantitative estimate of drug-likeness (QED) is 0.709. The first-order chi connectivity index (χ1) is 6.25. The van der Waals surface area contributed by atoms with Crippen LogP contribution in [0.15, 0.2) is 24.4 Å². The summed E-state index contributed by atoms with van der Waals surface area (Å²) in [6.45, 7) is 0. The number of carbonyl (C=O) groups excluding carboxylic acids is 1. The van der Waals surface area contributed by atoms with Crippen molar-refractivity contribution < 1.29 is 13.6 Å². The van der Waals surface area contributed by atoms with Crippen LogP contribution in [0.25, 0.3) is 6.08 Å². The van der Waals surface area contributed by atoms with E-state index in [4.69, 9.17) is 0 Å². The highest BCUT2D eigenvalue weighted by atomic mass is 19.1. The molecular formula is C9H7F2NO. The van der Waals surface area contributed by atoms with E-state index >= 15 is 0 Å². The Morgan fingerprint density at radius 3 is 2.38 bits per heavy atom. The highest BCUT2D eigenvalue weighted by Gasteiger charge is 2.03. The molecule has 1 amide bonds. The van der Waals surface area contributed by atoms with Gasteiger partial charge in [0.2, 0.25) is 6.41 Å². The molecule has 0 saturated heterocycles. The number of carbonyl (C=O) groups is 1. The van der Waals surface area contributed by atoms with Gasteiger partial charge in [-0.2, -0.15) is 0 Å². The molecule has 0 saturated carbocycles. The molecule has 1 N–H and O–H groups in total. The Morgan fingerprint density at radius 2 is 1.85 bits per heavy atom. The van der Waals surface area contributed by atoms with Crippen LogP contribution in [0.3, 0.4) is 0 Å². The van der Waals surface area contributed by atoms with Gasteiger partial charge in [-0.1, -0.05) is 6.07 Å². The van der Waals surface area contributed by atoms with E-state index in [1.54, 1.807) is 0 Å². The van der Waals surface area contributed by atoms with Crippen molar-refractivity contribution in [3.8, 4) is 0 Å². The molecule has 0 aliphatic rings. The zero-order valence-corrected chi connectivity index (χ0v) is 6.63. The molecule has 0 atom stereocenters. The lowest BCUT2D eigenvalue weighted by molar-refractivity contribution is -0.108. The van der Waals surface area contributed by atoms with Gasteiger partial charge in [0.15, 0.2) is 0 Å². The number of rotatable bonds is 3. The molecule has 0 aromatic heterocycles. The summed E-state index contributed by atoms with van der Waals surface area (Å²) >= 11 is 0. The first-order valence-corrected chi connectivity index (χ1v) is 3.56. The average Bonchev–Trinajstić information content (AvgIpc) is 2.10. The Kier molecular flexibility index (Phi) is 3.14. The van der Waals surface area contributed by atoms with Gasteiger partial charge in [-0.05, 0) is 18.2 Å². The molecule has 2 nitrogen and oxygen atoms in total. The van der Waals surface area contributed by atoms with Gasteiger partial charge in [-0.15, -0.1) is 0 Å². The summed E-state index contributed by atoms with van der Waals surface area (Å²) in [4.78, 5) is 9.82. The van der Waals surface area contributed by atoms with E-state index in [9.17, 15) is 13.6 Å². The van der Waals surface area contributed by atoms with E-state index in [1.807, 2.05) is 0 Å². The molecule has 1 aromatic carbocycles. The fraction of sp³-hybridized carbons (Fsp3) is 0. The number of nitrogens with one attached hydrogen (secondary N) is 1. The van der Waals surface area contributed by atoms with Gasteiger partial charge < -0.3 is 5.32 Å². The first-order valence-electron chi connectivity index (χ1n) is 3.56. The van der Waals surface area contributed by atoms with Crippen LogP contribution in [-0.4, -0.2) is 6.41 Å². The SMILES string of the molecule is O=CN/C=C\c1c(F)cccc1F. The Balaban J connectivity index is 2.92. The van der Waals surface area contributed by atoms with Gasteiger partial charge in [0, 0.05) is 11.8 Å². The second-order valence-corrected chi connectivity index (χ2v) is 2.25. The molecular weight excluding hydrogens is 176 g/mol. The van der Waals surface area contributed by atoms with E-state index < -0.39 is 11.6 Å². The molecule has 13 heavy (non-hydrogen) atoms. The van der Waals surface area contributed by atoms with Crippen LogP contribution in [0, 0.1) is 11.6 Å². The van der Waals surface area contributed by atoms with E-state index in [0.717, 1.165) is 24.4 Å². The van der Waals surface area contributed by atoms with Crippen molar-refractivity contribution in [2.45, 2.75) is 0 Å². The van der Waals surface area contributed by atoms with Crippen LogP contribution in [-0.2, 0) is 4.79 Å². The fourth-order valence-electron chi connectivity index (χ4n) is 0.841. The lowest BCUT2D eigenvalue weighted by atomic mass is 10.2. The normalized spacial score (nSPS) is 10.3. The van der Waals surface area contributed by atoms with Crippen LogP contribution in [0.1, 0.15) is 5.56 Å². The second kappa shape index (κ2) is 4.35. The van der Waals surface area contributed by atoms with E-state index in [2.05, 4.69) is 5.32 Å². The van der Waals surface area contributed by atoms with Crippen LogP contribution in [0.5, 0.6) is 0 Å². The predicted octanol–water partition coefficient (Wildman–Crippen LogP) is 1.68. The molecule has 0 radical (unpaired) electrons. The summed E-state index contributed by atoms with van der Waals surface area (Å²) < 4.78 is 25.7. The largest absolute Gasteiger partial charge is 0.335 e. The van der Waals surface area contributed by atoms with Crippen LogP contribution >= 0.6 is 0 Å². The van der Waals surface area contributed by atoms with Gasteiger partial charge in [-0.3, -0.25) is 4.79 Å². The zero-order chi connectivity index (χ0) is 9.68. The number of halogens is 2. The summed E-state index contributed by atoms with van der Waals surface area (Å²) in [5.41, 5.74) is -0.170. The minimum absolute atomic E-state index is 0.170. The van der Waals surface area contributed by atoms with Crippen molar-refractivity contribution in [3.63, 3.8) is 0 Å². The van der Waals surface area contributed by atoms with Crippen molar-refractivity contribution >= 4 is 12.5 Å². The molecule has 0 aliphatic heterocycles. The molecule has 0 fully saturated rings. The second-order valence-electron chi connectivity index (χ2n) is 2.25. The summed E-state index contributed by atoms with van der Waals surface area (Å²) in [6.07, 6.45) is 2.73. The lowest BCUT2D eigenvalue weighted by Crippen LogP contribution is -1.99. The fourth-order valence-corrected chi connectivity index (χ4v) is 0.841. The maximum atomic E-state index is 12.9. The number of amides is 1. The summed E-state index contributed by atoms with van der Waals surface area (Å²) in [6, 6.07) is 3.56. The summed E-state index contributed by atoms with van der Waals surface area (Å²) in [5, 5.41) is 2.16. The predicted molar refractivity (Wildman–Crippen MR) is 44.6 cm³/mol. The third kappa shape index (κ3) is 2.37. The third-order valence-electron chi connectivity index (χ3n) is 1.41. The third-order valence-corrected chi connectivity index (χ3v) is 1.41. The van der Waals surface area contributed by atoms with Gasteiger partial charge in [0.25, 0.3) is 0 Å². The van der Waals surface area contributed by atoms with E-state index in [0.29, 0.717) is 6.41 Å². The molecule has 0 bridgehead atoms. The molecule has 0 heterocycles. The van der Waals surface area contributed by atoms with Gasteiger partial charge >= 0.3 is 0 Å². The molecule has 1 rings (SSSR count). The molecule has 0 aliphatic carbocycles. The summed E-state index contributed by atoms with van der Waals surface area (Å²) in [5.74, 6) is -1.33. The van der Waals surface area contributed by atoms with Crippen molar-refractivity contribution in [3.05, 3.63) is 41.6 Å². The monoisotopic (exact) mass is 183 g/mol. The maximum Gasteiger partial charge on any atom is 0.211 e. The van der Waals surface area contributed by atoms with E-state index in [-0.39, 0.29) is 5.56 Å². The minimum atomic E-state index is -0.663. The maximum absolute atomic E-state index is 12.9. The molecule has 68 valence electrons. The van der Waals surface area contributed by atoms with Gasteiger partial charge in [0.05, 0.1) is 0 Å². The standard InChI is InChI=1S/C9H7F2NO/c10-8-2-1-3-9(11)7(8)4-5-12-6-13/h1-6H,(H,12,13)/b5-4-. The van der Waals surface area contributed by atoms with Crippen molar-refractivity contribution in [1.29, 1.82) is 0 Å². The van der Waals surface area contributed by atoms with Crippen LogP contribution in [0.2, 0.25) is 0 Å². The van der Waals surface area contributed by atoms with Crippen molar-refractivity contribution in [1.82, 2.24) is 5.32 Å². The lowest BCUT2D eigenvalue weighted by Gasteiger charge is -1.97. The Bertz CT molecular complexity index is 316. The molecule has 0 unspecified atom stereocenters. The van der Waals surface area contributed by atoms with Crippen molar-refractivity contribution in [2.24, 2.45) is 0 Å². The zero-order valence-electron chi connectivity index (χ0n) is 6.63. The number of hydrogen-bond acceptors (Lipinski definition) is 1. The molecule has 1 aromatic rings.